The Morgan fingerprint density at radius 3 is 2.60 bits per heavy atom. The molecule has 0 atom stereocenters. The maximum Gasteiger partial charge on any atom is 0.284 e. The molecule has 1 amide bonds. The predicted octanol–water partition coefficient (Wildman–Crippen LogP) is 2.63. The second-order valence-corrected chi connectivity index (χ2v) is 6.29. The number of rotatable bonds is 0. The molecule has 1 saturated carbocycles. The summed E-state index contributed by atoms with van der Waals surface area (Å²) in [5.41, 5.74) is -0.747. The van der Waals surface area contributed by atoms with E-state index in [2.05, 4.69) is 22.2 Å². The third-order valence-electron chi connectivity index (χ3n) is 4.17. The minimum Gasteiger partial charge on any atom is -0.277 e. The van der Waals surface area contributed by atoms with Crippen molar-refractivity contribution in [3.63, 3.8) is 0 Å². The van der Waals surface area contributed by atoms with Gasteiger partial charge in [-0.3, -0.25) is 14.2 Å². The minimum absolute atomic E-state index is 0.0180. The molecule has 1 aliphatic carbocycles. The first-order valence-electron chi connectivity index (χ1n) is 6.33. The van der Waals surface area contributed by atoms with Crippen molar-refractivity contribution in [2.45, 2.75) is 31.3 Å². The molecule has 0 radical (unpaired) electrons. The molecule has 20 heavy (non-hydrogen) atoms. The summed E-state index contributed by atoms with van der Waals surface area (Å²) in [6.07, 6.45) is 2.44. The van der Waals surface area contributed by atoms with Gasteiger partial charge in [0, 0.05) is 12.0 Å². The number of hydrogen-bond acceptors (Lipinski definition) is 3. The summed E-state index contributed by atoms with van der Waals surface area (Å²) in [4.78, 5) is 24.6. The summed E-state index contributed by atoms with van der Waals surface area (Å²) in [5.74, 6) is -0.321. The topological polar surface area (TPSA) is 66.1 Å². The van der Waals surface area contributed by atoms with Crippen LogP contribution in [0.4, 0.5) is 0 Å². The van der Waals surface area contributed by atoms with Crippen LogP contribution in [0.2, 0.25) is 5.02 Å². The van der Waals surface area contributed by atoms with Gasteiger partial charge in [-0.05, 0) is 31.7 Å². The monoisotopic (exact) mass is 355 g/mol. The first-order chi connectivity index (χ1) is 9.51. The number of hydrogen-bond donors (Lipinski definition) is 0. The fourth-order valence-corrected chi connectivity index (χ4v) is 4.03. The molecule has 5 nitrogen and oxygen atoms in total. The molecular formula is C13H11BrClN3O2. The minimum atomic E-state index is -0.734. The van der Waals surface area contributed by atoms with Crippen LogP contribution in [0.3, 0.4) is 0 Å². The highest BCUT2D eigenvalue weighted by Crippen LogP contribution is 2.47. The fraction of sp³-hybridized carbons (Fsp3) is 0.462. The van der Waals surface area contributed by atoms with Crippen LogP contribution in [0.1, 0.15) is 36.2 Å². The molecule has 0 unspecified atom stereocenters. The summed E-state index contributed by atoms with van der Waals surface area (Å²) < 4.78 is 2.91. The van der Waals surface area contributed by atoms with E-state index in [0.717, 1.165) is 0 Å². The van der Waals surface area contributed by atoms with Crippen molar-refractivity contribution in [2.24, 2.45) is 5.92 Å². The van der Waals surface area contributed by atoms with Gasteiger partial charge in [0.05, 0.1) is 27.2 Å². The van der Waals surface area contributed by atoms with Crippen LogP contribution >= 0.6 is 27.7 Å². The predicted molar refractivity (Wildman–Crippen MR) is 76.4 cm³/mol. The van der Waals surface area contributed by atoms with Crippen LogP contribution < -0.4 is 5.56 Å². The lowest BCUT2D eigenvalue weighted by Crippen LogP contribution is -2.48. The normalized spacial score (nSPS) is 28.6. The third kappa shape index (κ3) is 1.66. The zero-order valence-electron chi connectivity index (χ0n) is 10.5. The Hall–Kier alpha value is -1.32. The van der Waals surface area contributed by atoms with Crippen LogP contribution in [0.5, 0.6) is 0 Å². The number of carbonyl (C=O) groups is 1. The molecule has 0 bridgehead atoms. The van der Waals surface area contributed by atoms with E-state index in [9.17, 15) is 9.59 Å². The highest BCUT2D eigenvalue weighted by molar-refractivity contribution is 9.07. The van der Waals surface area contributed by atoms with Crippen LogP contribution in [0.15, 0.2) is 16.9 Å². The highest BCUT2D eigenvalue weighted by Gasteiger charge is 2.52. The molecule has 2 aliphatic rings. The highest BCUT2D eigenvalue weighted by atomic mass is 79.9. The number of carbonyl (C=O) groups excluding carboxylic acids is 1. The van der Waals surface area contributed by atoms with Crippen molar-refractivity contribution in [3.05, 3.63) is 33.2 Å². The Morgan fingerprint density at radius 1 is 1.35 bits per heavy atom. The molecule has 0 aromatic carbocycles. The SMILES string of the molecule is N#CC1CCC2(CC1)N(Br)C(=O)c1c(Cl)ccc(=O)n12. The molecule has 7 heteroatoms. The van der Waals surface area contributed by atoms with Gasteiger partial charge in [-0.25, -0.2) is 3.93 Å². The molecule has 0 N–H and O–H groups in total. The molecular weight excluding hydrogens is 346 g/mol. The van der Waals surface area contributed by atoms with E-state index in [0.29, 0.717) is 25.7 Å². The van der Waals surface area contributed by atoms with Crippen LogP contribution in [-0.2, 0) is 5.66 Å². The number of nitrogens with zero attached hydrogens (tertiary/aromatic N) is 3. The van der Waals surface area contributed by atoms with E-state index in [-0.39, 0.29) is 28.1 Å². The standard InChI is InChI=1S/C13H11BrClN3O2/c14-18-12(20)11-9(15)1-2-10(19)17(11)13(18)5-3-8(7-16)4-6-13/h1-2,8H,3-6H2. The van der Waals surface area contributed by atoms with Gasteiger partial charge in [0.15, 0.2) is 0 Å². The Kier molecular flexibility index (Phi) is 3.14. The van der Waals surface area contributed by atoms with E-state index in [1.807, 2.05) is 0 Å². The maximum atomic E-state index is 12.4. The van der Waals surface area contributed by atoms with E-state index in [4.69, 9.17) is 16.9 Å². The smallest absolute Gasteiger partial charge is 0.277 e. The van der Waals surface area contributed by atoms with Gasteiger partial charge in [-0.2, -0.15) is 5.26 Å². The van der Waals surface area contributed by atoms with Crippen molar-refractivity contribution in [3.8, 4) is 6.07 Å². The Balaban J connectivity index is 2.17. The molecule has 104 valence electrons. The molecule has 1 aromatic rings. The first-order valence-corrected chi connectivity index (χ1v) is 7.42. The van der Waals surface area contributed by atoms with Crippen molar-refractivity contribution < 1.29 is 4.79 Å². The molecule has 0 saturated heterocycles. The number of pyridine rings is 1. The lowest BCUT2D eigenvalue weighted by Gasteiger charge is -2.40. The van der Waals surface area contributed by atoms with E-state index in [1.54, 1.807) is 0 Å². The van der Waals surface area contributed by atoms with Gasteiger partial charge in [-0.1, -0.05) is 11.6 Å². The zero-order chi connectivity index (χ0) is 14.5. The van der Waals surface area contributed by atoms with Gasteiger partial charge >= 0.3 is 0 Å². The van der Waals surface area contributed by atoms with Crippen molar-refractivity contribution >= 4 is 33.7 Å². The average molecular weight is 357 g/mol. The number of fused-ring (bicyclic) bond motifs is 2. The first kappa shape index (κ1) is 13.7. The maximum absolute atomic E-state index is 12.4. The van der Waals surface area contributed by atoms with E-state index >= 15 is 0 Å². The molecule has 1 spiro atoms. The van der Waals surface area contributed by atoms with Crippen LogP contribution in [0.25, 0.3) is 0 Å². The quantitative estimate of drug-likeness (QED) is 0.671. The number of aromatic nitrogens is 1. The Morgan fingerprint density at radius 2 is 2.00 bits per heavy atom. The largest absolute Gasteiger partial charge is 0.284 e. The Bertz CT molecular complexity index is 686. The van der Waals surface area contributed by atoms with E-state index in [1.165, 1.54) is 20.6 Å². The van der Waals surface area contributed by atoms with Gasteiger partial charge < -0.3 is 0 Å². The molecule has 2 heterocycles. The van der Waals surface area contributed by atoms with Crippen molar-refractivity contribution in [2.75, 3.05) is 0 Å². The zero-order valence-corrected chi connectivity index (χ0v) is 12.8. The number of nitriles is 1. The number of halogens is 2. The molecule has 1 aliphatic heterocycles. The lowest BCUT2D eigenvalue weighted by atomic mass is 9.82. The van der Waals surface area contributed by atoms with Crippen LogP contribution in [-0.4, -0.2) is 14.4 Å². The molecule has 1 fully saturated rings. The fourth-order valence-electron chi connectivity index (χ4n) is 3.12. The van der Waals surface area contributed by atoms with Crippen molar-refractivity contribution in [1.29, 1.82) is 5.26 Å². The van der Waals surface area contributed by atoms with Gasteiger partial charge in [0.25, 0.3) is 11.5 Å². The molecule has 3 rings (SSSR count). The molecule has 1 aromatic heterocycles. The average Bonchev–Trinajstić information content (AvgIpc) is 2.68. The number of amides is 1. The van der Waals surface area contributed by atoms with Gasteiger partial charge in [0.1, 0.15) is 11.4 Å². The lowest BCUT2D eigenvalue weighted by molar-refractivity contribution is 0.0572. The third-order valence-corrected chi connectivity index (χ3v) is 5.46. The van der Waals surface area contributed by atoms with E-state index < -0.39 is 5.66 Å². The summed E-state index contributed by atoms with van der Waals surface area (Å²) in [6, 6.07) is 5.09. The summed E-state index contributed by atoms with van der Waals surface area (Å²) in [5, 5.41) is 9.28. The summed E-state index contributed by atoms with van der Waals surface area (Å²) in [6.45, 7) is 0. The van der Waals surface area contributed by atoms with Crippen LogP contribution in [0, 0.1) is 17.2 Å². The second-order valence-electron chi connectivity index (χ2n) is 5.18. The van der Waals surface area contributed by atoms with Gasteiger partial charge in [0.2, 0.25) is 0 Å². The summed E-state index contributed by atoms with van der Waals surface area (Å²) in [7, 11) is 0. The van der Waals surface area contributed by atoms with Gasteiger partial charge in [-0.15, -0.1) is 0 Å². The summed E-state index contributed by atoms with van der Waals surface area (Å²) >= 11 is 9.38. The van der Waals surface area contributed by atoms with Crippen molar-refractivity contribution in [1.82, 2.24) is 8.49 Å². The Labute approximate surface area is 129 Å². The second kappa shape index (κ2) is 4.61.